The molecule has 0 heterocycles. The molecule has 0 radical (unpaired) electrons. The van der Waals surface area contributed by atoms with Gasteiger partial charge in [0.2, 0.25) is 0 Å². The van der Waals surface area contributed by atoms with E-state index in [-0.39, 0.29) is 6.54 Å². The molecule has 0 saturated carbocycles. The molecule has 0 fully saturated rings. The first-order valence-corrected chi connectivity index (χ1v) is 11.4. The average Bonchev–Trinajstić information content (AvgIpc) is 2.73. The van der Waals surface area contributed by atoms with Crippen LogP contribution >= 0.6 is 0 Å². The number of esters is 1. The van der Waals surface area contributed by atoms with E-state index in [9.17, 15) is 14.4 Å². The number of alkyl carbamates (subject to hydrolysis) is 1. The summed E-state index contributed by atoms with van der Waals surface area (Å²) in [6.45, 7) is 11.0. The first kappa shape index (κ1) is 30.8. The Morgan fingerprint density at radius 1 is 0.861 bits per heavy atom. The molecule has 2 N–H and O–H groups in total. The predicted octanol–water partition coefficient (Wildman–Crippen LogP) is 3.68. The van der Waals surface area contributed by atoms with Crippen molar-refractivity contribution in [1.82, 2.24) is 10.6 Å². The number of nitrogens with one attached hydrogen (secondary N) is 2. The largest absolute Gasteiger partial charge is 0.496 e. The summed E-state index contributed by atoms with van der Waals surface area (Å²) < 4.78 is 41.6. The number of methoxy groups -OCH3 is 3. The number of ether oxygens (including phenoxy) is 5. The summed E-state index contributed by atoms with van der Waals surface area (Å²) in [6, 6.07) is 3.20. The van der Waals surface area contributed by atoms with Crippen molar-refractivity contribution >= 4 is 18.0 Å². The van der Waals surface area contributed by atoms with Crippen LogP contribution in [-0.2, 0) is 25.6 Å². The maximum atomic E-state index is 15.2. The maximum Gasteiger partial charge on any atom is 0.408 e. The van der Waals surface area contributed by atoms with Crippen LogP contribution in [0.5, 0.6) is 17.2 Å². The van der Waals surface area contributed by atoms with E-state index in [1.165, 1.54) is 28.3 Å². The van der Waals surface area contributed by atoms with Crippen molar-refractivity contribution in [3.63, 3.8) is 0 Å². The lowest BCUT2D eigenvalue weighted by atomic mass is 9.94. The van der Waals surface area contributed by atoms with Gasteiger partial charge in [-0.1, -0.05) is 0 Å². The monoisotopic (exact) mass is 514 g/mol. The molecule has 0 spiro atoms. The second-order valence-electron chi connectivity index (χ2n) is 10.4. The van der Waals surface area contributed by atoms with Crippen LogP contribution in [0.15, 0.2) is 12.1 Å². The molecule has 1 rings (SSSR count). The Labute approximate surface area is 212 Å². The second kappa shape index (κ2) is 12.1. The lowest BCUT2D eigenvalue weighted by Crippen LogP contribution is -2.57. The van der Waals surface area contributed by atoms with Crippen LogP contribution in [0.2, 0.25) is 0 Å². The van der Waals surface area contributed by atoms with Crippen molar-refractivity contribution in [1.29, 1.82) is 0 Å². The number of benzene rings is 1. The minimum Gasteiger partial charge on any atom is -0.496 e. The number of carbonyl (C=O) groups excluding carboxylic acids is 3. The minimum absolute atomic E-state index is 0.127. The molecule has 0 unspecified atom stereocenters. The highest BCUT2D eigenvalue weighted by Crippen LogP contribution is 2.34. The topological polar surface area (TPSA) is 121 Å². The summed E-state index contributed by atoms with van der Waals surface area (Å²) in [6.07, 6.45) is -3.81. The molecule has 1 aromatic carbocycles. The molecule has 2 atom stereocenters. The highest BCUT2D eigenvalue weighted by atomic mass is 19.1. The van der Waals surface area contributed by atoms with Crippen LogP contribution in [0.4, 0.5) is 9.18 Å². The number of hydrogen-bond acceptors (Lipinski definition) is 8. The Morgan fingerprint density at radius 3 is 1.78 bits per heavy atom. The fourth-order valence-electron chi connectivity index (χ4n) is 3.09. The Balaban J connectivity index is 3.08. The predicted molar refractivity (Wildman–Crippen MR) is 131 cm³/mol. The molecule has 0 aliphatic rings. The number of hydrogen-bond donors (Lipinski definition) is 2. The van der Waals surface area contributed by atoms with Crippen LogP contribution in [0.25, 0.3) is 0 Å². The summed E-state index contributed by atoms with van der Waals surface area (Å²) in [7, 11) is 4.36. The molecule has 204 valence electrons. The number of rotatable bonds is 10. The maximum absolute atomic E-state index is 15.2. The lowest BCUT2D eigenvalue weighted by molar-refractivity contribution is -0.163. The number of alkyl halides is 1. The van der Waals surface area contributed by atoms with Gasteiger partial charge >= 0.3 is 12.1 Å². The first-order valence-electron chi connectivity index (χ1n) is 11.4. The third-order valence-electron chi connectivity index (χ3n) is 4.75. The first-order chi connectivity index (χ1) is 16.4. The van der Waals surface area contributed by atoms with Crippen molar-refractivity contribution < 1.29 is 42.5 Å². The van der Waals surface area contributed by atoms with E-state index in [2.05, 4.69) is 10.6 Å². The number of halogens is 1. The summed E-state index contributed by atoms with van der Waals surface area (Å²) in [5.74, 6) is -0.701. The minimum atomic E-state index is -2.17. The molecule has 10 nitrogen and oxygen atoms in total. The fourth-order valence-corrected chi connectivity index (χ4v) is 3.09. The van der Waals surface area contributed by atoms with E-state index in [1.807, 2.05) is 0 Å². The zero-order valence-corrected chi connectivity index (χ0v) is 22.8. The summed E-state index contributed by atoms with van der Waals surface area (Å²) >= 11 is 0. The van der Waals surface area contributed by atoms with E-state index in [4.69, 9.17) is 23.7 Å². The standard InChI is InChI=1S/C25H39FN2O8/c1-23(2,3)35-21(30)25(7,28-22(31)36-24(4,5)6)13-17(26)20(29)27-14-16-18(33-9)11-15(32-8)12-19(16)34-10/h11-12,17H,13-14H2,1-10H3,(H,27,29)(H,28,31)/t17-,25+/m1/s1. The summed E-state index contributed by atoms with van der Waals surface area (Å²) in [5.41, 5.74) is -3.20. The third-order valence-corrected chi connectivity index (χ3v) is 4.75. The summed E-state index contributed by atoms with van der Waals surface area (Å²) in [5, 5.41) is 4.85. The van der Waals surface area contributed by atoms with Gasteiger partial charge in [0.15, 0.2) is 6.17 Å². The van der Waals surface area contributed by atoms with E-state index in [1.54, 1.807) is 53.7 Å². The molecule has 0 saturated heterocycles. The van der Waals surface area contributed by atoms with Gasteiger partial charge in [0.05, 0.1) is 33.4 Å². The van der Waals surface area contributed by atoms with Crippen molar-refractivity contribution in [2.45, 2.75) is 84.3 Å². The zero-order valence-electron chi connectivity index (χ0n) is 22.8. The zero-order chi connectivity index (χ0) is 27.9. The van der Waals surface area contributed by atoms with Gasteiger partial charge in [-0.3, -0.25) is 4.79 Å². The Kier molecular flexibility index (Phi) is 10.4. The fraction of sp³-hybridized carbons (Fsp3) is 0.640. The van der Waals surface area contributed by atoms with Gasteiger partial charge in [0, 0.05) is 18.6 Å². The molecular formula is C25H39FN2O8. The average molecular weight is 515 g/mol. The van der Waals surface area contributed by atoms with Gasteiger partial charge in [-0.05, 0) is 48.5 Å². The van der Waals surface area contributed by atoms with E-state index in [0.717, 1.165) is 0 Å². The Hall–Kier alpha value is -3.24. The molecule has 0 bridgehead atoms. The molecule has 2 amide bonds. The van der Waals surface area contributed by atoms with E-state index in [0.29, 0.717) is 22.8 Å². The molecule has 11 heteroatoms. The highest BCUT2D eigenvalue weighted by molar-refractivity contribution is 5.88. The molecule has 36 heavy (non-hydrogen) atoms. The van der Waals surface area contributed by atoms with Crippen molar-refractivity contribution in [2.75, 3.05) is 21.3 Å². The second-order valence-corrected chi connectivity index (χ2v) is 10.4. The van der Waals surface area contributed by atoms with Crippen molar-refractivity contribution in [3.05, 3.63) is 17.7 Å². The van der Waals surface area contributed by atoms with Gasteiger partial charge in [0.1, 0.15) is 34.0 Å². The van der Waals surface area contributed by atoms with Crippen LogP contribution in [0, 0.1) is 0 Å². The molecule has 0 aliphatic heterocycles. The van der Waals surface area contributed by atoms with Crippen LogP contribution in [0.1, 0.15) is 60.5 Å². The highest BCUT2D eigenvalue weighted by Gasteiger charge is 2.43. The number of carbonyl (C=O) groups is 3. The van der Waals surface area contributed by atoms with Gasteiger partial charge in [-0.25, -0.2) is 14.0 Å². The van der Waals surface area contributed by atoms with Gasteiger partial charge in [0.25, 0.3) is 5.91 Å². The van der Waals surface area contributed by atoms with Gasteiger partial charge < -0.3 is 34.3 Å². The van der Waals surface area contributed by atoms with Crippen molar-refractivity contribution in [3.8, 4) is 17.2 Å². The van der Waals surface area contributed by atoms with Crippen LogP contribution in [-0.4, -0.2) is 62.2 Å². The van der Waals surface area contributed by atoms with E-state index < -0.39 is 47.3 Å². The Bertz CT molecular complexity index is 914. The Morgan fingerprint density at radius 2 is 1.36 bits per heavy atom. The molecule has 0 aromatic heterocycles. The number of amides is 2. The third kappa shape index (κ3) is 9.43. The molecular weight excluding hydrogens is 475 g/mol. The van der Waals surface area contributed by atoms with E-state index >= 15 is 4.39 Å². The normalized spacial score (nSPS) is 14.1. The van der Waals surface area contributed by atoms with Gasteiger partial charge in [-0.2, -0.15) is 0 Å². The van der Waals surface area contributed by atoms with Crippen molar-refractivity contribution in [2.24, 2.45) is 0 Å². The quantitative estimate of drug-likeness (QED) is 0.454. The van der Waals surface area contributed by atoms with Gasteiger partial charge in [-0.15, -0.1) is 0 Å². The SMILES string of the molecule is COc1cc(OC)c(CNC(=O)[C@H](F)C[C@](C)(NC(=O)OC(C)(C)C)C(=O)OC(C)(C)C)c(OC)c1. The van der Waals surface area contributed by atoms with Crippen LogP contribution in [0.3, 0.4) is 0 Å². The molecule has 0 aliphatic carbocycles. The smallest absolute Gasteiger partial charge is 0.408 e. The summed E-state index contributed by atoms with van der Waals surface area (Å²) in [4.78, 5) is 38.0. The molecule has 1 aromatic rings. The van der Waals surface area contributed by atoms with Crippen LogP contribution < -0.4 is 24.8 Å². The lowest BCUT2D eigenvalue weighted by Gasteiger charge is -2.33.